The Bertz CT molecular complexity index is 1750. The number of nitrogens with zero attached hydrogens (tertiary/aromatic N) is 6. The van der Waals surface area contributed by atoms with Crippen molar-refractivity contribution in [1.29, 1.82) is 5.41 Å². The van der Waals surface area contributed by atoms with E-state index in [2.05, 4.69) is 30.4 Å². The second-order valence-corrected chi connectivity index (χ2v) is 9.45. The van der Waals surface area contributed by atoms with Crippen molar-refractivity contribution in [3.8, 4) is 23.1 Å². The lowest BCUT2D eigenvalue weighted by Gasteiger charge is -2.13. The lowest BCUT2D eigenvalue weighted by molar-refractivity contribution is -0.137. The van der Waals surface area contributed by atoms with Gasteiger partial charge >= 0.3 is 12.2 Å². The predicted octanol–water partition coefficient (Wildman–Crippen LogP) is 5.63. The van der Waals surface area contributed by atoms with Crippen molar-refractivity contribution in [2.24, 2.45) is 0 Å². The van der Waals surface area contributed by atoms with Gasteiger partial charge in [-0.05, 0) is 48.1 Å². The molecule has 2 atom stereocenters. The number of fused-ring (bicyclic) bond motifs is 1. The highest BCUT2D eigenvalue weighted by Crippen LogP contribution is 2.56. The van der Waals surface area contributed by atoms with E-state index in [0.29, 0.717) is 28.4 Å². The van der Waals surface area contributed by atoms with Gasteiger partial charge in [0, 0.05) is 47.8 Å². The number of halogens is 3. The molecule has 208 valence electrons. The number of benzene rings is 1. The highest BCUT2D eigenvalue weighted by molar-refractivity contribution is 5.87. The van der Waals surface area contributed by atoms with E-state index in [-0.39, 0.29) is 23.7 Å². The number of hydrogen-bond donors (Lipinski definition) is 2. The molecular weight excluding hydrogens is 537 g/mol. The van der Waals surface area contributed by atoms with Crippen LogP contribution in [-0.4, -0.2) is 50.0 Å². The van der Waals surface area contributed by atoms with Gasteiger partial charge in [-0.25, -0.2) is 19.5 Å². The number of anilines is 2. The molecule has 1 saturated carbocycles. The second-order valence-electron chi connectivity index (χ2n) is 9.45. The molecule has 0 aliphatic heterocycles. The van der Waals surface area contributed by atoms with Crippen molar-refractivity contribution in [3.63, 3.8) is 0 Å². The van der Waals surface area contributed by atoms with E-state index >= 15 is 0 Å². The number of imidazole rings is 1. The maximum Gasteiger partial charge on any atom is 0.417 e. The van der Waals surface area contributed by atoms with Crippen molar-refractivity contribution in [2.45, 2.75) is 24.4 Å². The van der Waals surface area contributed by atoms with Crippen LogP contribution in [0, 0.1) is 5.41 Å². The third kappa shape index (κ3) is 5.01. The summed E-state index contributed by atoms with van der Waals surface area (Å²) in [5.74, 6) is 0.867. The highest BCUT2D eigenvalue weighted by atomic mass is 19.4. The van der Waals surface area contributed by atoms with E-state index in [0.717, 1.165) is 35.5 Å². The molecule has 0 unspecified atom stereocenters. The van der Waals surface area contributed by atoms with Crippen LogP contribution in [0.5, 0.6) is 11.9 Å². The molecule has 10 nitrogen and oxygen atoms in total. The average Bonchev–Trinajstić information content (AvgIpc) is 3.63. The summed E-state index contributed by atoms with van der Waals surface area (Å²) in [5, 5.41) is 15.5. The zero-order valence-corrected chi connectivity index (χ0v) is 21.8. The predicted molar refractivity (Wildman–Crippen MR) is 144 cm³/mol. The molecular formula is C28H23F3N8O2. The Morgan fingerprint density at radius 1 is 1.02 bits per heavy atom. The fraction of sp³-hybridized carbons (Fsp3) is 0.214. The molecule has 1 aromatic carbocycles. The van der Waals surface area contributed by atoms with Gasteiger partial charge in [0.05, 0.1) is 31.0 Å². The number of methoxy groups -OCH3 is 2. The lowest BCUT2D eigenvalue weighted by atomic mass is 10.0. The summed E-state index contributed by atoms with van der Waals surface area (Å²) in [7, 11) is 2.99. The van der Waals surface area contributed by atoms with E-state index in [1.165, 1.54) is 26.5 Å². The minimum atomic E-state index is -4.47. The summed E-state index contributed by atoms with van der Waals surface area (Å²) < 4.78 is 51.1. The monoisotopic (exact) mass is 560 g/mol. The molecule has 41 heavy (non-hydrogen) atoms. The number of nitrogens with one attached hydrogen (secondary N) is 2. The fourth-order valence-corrected chi connectivity index (χ4v) is 4.85. The summed E-state index contributed by atoms with van der Waals surface area (Å²) >= 11 is 0. The Morgan fingerprint density at radius 2 is 1.88 bits per heavy atom. The molecule has 1 aliphatic carbocycles. The van der Waals surface area contributed by atoms with Gasteiger partial charge in [-0.2, -0.15) is 23.3 Å². The van der Waals surface area contributed by atoms with Crippen LogP contribution in [0.1, 0.15) is 40.5 Å². The van der Waals surface area contributed by atoms with Crippen LogP contribution in [-0.2, 0) is 6.18 Å². The first kappa shape index (κ1) is 26.2. The normalized spacial score (nSPS) is 16.4. The summed E-state index contributed by atoms with van der Waals surface area (Å²) in [6.07, 6.45) is 3.42. The Morgan fingerprint density at radius 3 is 2.59 bits per heavy atom. The van der Waals surface area contributed by atoms with E-state index in [1.807, 2.05) is 24.3 Å². The summed E-state index contributed by atoms with van der Waals surface area (Å²) in [4.78, 5) is 16.9. The van der Waals surface area contributed by atoms with Gasteiger partial charge in [-0.1, -0.05) is 12.1 Å². The van der Waals surface area contributed by atoms with Crippen LogP contribution in [0.25, 0.3) is 16.9 Å². The molecule has 2 N–H and O–H groups in total. The standard InChI is InChI=1S/C28H23F3N8O2/c1-40-26-21(14-35-27(37-26)41-2)23-11-20(25-33-7-8-39(25)38-23)19-10-18(19)15-3-4-16(12-32)22(9-15)36-24-6-5-17(13-34-24)28(29,30)31/h3-9,11-14,18-19,32H,10H2,1-2H3,(H,34,36)/t18-,19+/m1/s1. The van der Waals surface area contributed by atoms with Crippen molar-refractivity contribution >= 4 is 23.4 Å². The van der Waals surface area contributed by atoms with Gasteiger partial charge in [-0.15, -0.1) is 0 Å². The molecule has 0 saturated heterocycles. The van der Waals surface area contributed by atoms with Crippen LogP contribution in [0.3, 0.4) is 0 Å². The van der Waals surface area contributed by atoms with E-state index in [1.54, 1.807) is 23.1 Å². The molecule has 0 amide bonds. The number of aromatic nitrogens is 6. The molecule has 6 rings (SSSR count). The minimum absolute atomic E-state index is 0.134. The van der Waals surface area contributed by atoms with E-state index in [4.69, 9.17) is 14.9 Å². The van der Waals surface area contributed by atoms with Gasteiger partial charge in [0.15, 0.2) is 5.65 Å². The van der Waals surface area contributed by atoms with Crippen molar-refractivity contribution in [3.05, 3.63) is 83.4 Å². The largest absolute Gasteiger partial charge is 0.480 e. The summed E-state index contributed by atoms with van der Waals surface area (Å²) in [6.45, 7) is 0. The summed E-state index contributed by atoms with van der Waals surface area (Å²) in [5.41, 5.74) is 4.31. The maximum absolute atomic E-state index is 12.9. The number of alkyl halides is 3. The van der Waals surface area contributed by atoms with Crippen LogP contribution < -0.4 is 14.8 Å². The first-order valence-electron chi connectivity index (χ1n) is 12.5. The Hall–Kier alpha value is -5.07. The van der Waals surface area contributed by atoms with Gasteiger partial charge in [-0.3, -0.25) is 0 Å². The second kappa shape index (κ2) is 10.2. The number of pyridine rings is 1. The molecule has 1 aliphatic rings. The van der Waals surface area contributed by atoms with Gasteiger partial charge in [0.25, 0.3) is 0 Å². The first-order valence-corrected chi connectivity index (χ1v) is 12.5. The van der Waals surface area contributed by atoms with E-state index in [9.17, 15) is 13.2 Å². The average molecular weight is 561 g/mol. The Labute approximate surface area is 231 Å². The Kier molecular flexibility index (Phi) is 6.48. The molecule has 0 spiro atoms. The molecule has 0 radical (unpaired) electrons. The third-order valence-electron chi connectivity index (χ3n) is 6.98. The first-order chi connectivity index (χ1) is 19.8. The molecule has 0 bridgehead atoms. The third-order valence-corrected chi connectivity index (χ3v) is 6.98. The minimum Gasteiger partial charge on any atom is -0.480 e. The molecule has 4 aromatic heterocycles. The van der Waals surface area contributed by atoms with Crippen LogP contribution in [0.4, 0.5) is 24.7 Å². The number of hydrogen-bond acceptors (Lipinski definition) is 9. The van der Waals surface area contributed by atoms with Crippen LogP contribution in [0.15, 0.2) is 61.2 Å². The molecule has 13 heteroatoms. The van der Waals surface area contributed by atoms with Gasteiger partial charge < -0.3 is 20.2 Å². The zero-order chi connectivity index (χ0) is 28.7. The molecule has 4 heterocycles. The Balaban J connectivity index is 1.31. The van der Waals surface area contributed by atoms with Crippen molar-refractivity contribution in [1.82, 2.24) is 29.5 Å². The van der Waals surface area contributed by atoms with E-state index < -0.39 is 11.7 Å². The number of ether oxygens (including phenoxy) is 2. The summed E-state index contributed by atoms with van der Waals surface area (Å²) in [6, 6.07) is 10.1. The smallest absolute Gasteiger partial charge is 0.417 e. The van der Waals surface area contributed by atoms with Crippen molar-refractivity contribution < 1.29 is 22.6 Å². The lowest BCUT2D eigenvalue weighted by Crippen LogP contribution is -2.06. The topological polar surface area (TPSA) is 123 Å². The molecule has 5 aromatic rings. The quantitative estimate of drug-likeness (QED) is 0.234. The SMILES string of the molecule is COc1ncc(-c2cc([C@H]3C[C@@H]3c3ccc(C=N)c(Nc4ccc(C(F)(F)F)cn4)c3)c3nccn3n2)c(OC)n1. The highest BCUT2D eigenvalue weighted by Gasteiger charge is 2.41. The molecule has 1 fully saturated rings. The van der Waals surface area contributed by atoms with Crippen molar-refractivity contribution in [2.75, 3.05) is 19.5 Å². The maximum atomic E-state index is 12.9. The zero-order valence-electron chi connectivity index (χ0n) is 21.8. The van der Waals surface area contributed by atoms with Crippen LogP contribution in [0.2, 0.25) is 0 Å². The number of rotatable bonds is 8. The van der Waals surface area contributed by atoms with Crippen LogP contribution >= 0.6 is 0 Å². The van der Waals surface area contributed by atoms with Gasteiger partial charge in [0.1, 0.15) is 5.82 Å². The van der Waals surface area contributed by atoms with Gasteiger partial charge in [0.2, 0.25) is 5.88 Å². The fourth-order valence-electron chi connectivity index (χ4n) is 4.85.